The van der Waals surface area contributed by atoms with Crippen LogP contribution in [0.1, 0.15) is 11.1 Å². The van der Waals surface area contributed by atoms with Crippen LogP contribution in [0.2, 0.25) is 0 Å². The van der Waals surface area contributed by atoms with Crippen molar-refractivity contribution in [3.05, 3.63) is 59.7 Å². The van der Waals surface area contributed by atoms with E-state index < -0.39 is 0 Å². The molecule has 0 aliphatic carbocycles. The maximum atomic E-state index is 5.75. The molecule has 0 aromatic heterocycles. The van der Waals surface area contributed by atoms with E-state index in [9.17, 15) is 0 Å². The number of aryl methyl sites for hydroxylation is 1. The maximum Gasteiger partial charge on any atom is 0.119 e. The van der Waals surface area contributed by atoms with Crippen molar-refractivity contribution in [2.24, 2.45) is 0 Å². The molecular formula is C16H19NO. The second kappa shape index (κ2) is 5.58. The van der Waals surface area contributed by atoms with E-state index in [-0.39, 0.29) is 0 Å². The Hall–Kier alpha value is -1.96. The highest BCUT2D eigenvalue weighted by molar-refractivity contribution is 5.47. The highest BCUT2D eigenvalue weighted by Crippen LogP contribution is 2.18. The Morgan fingerprint density at radius 2 is 1.50 bits per heavy atom. The maximum absolute atomic E-state index is 5.75. The van der Waals surface area contributed by atoms with Crippen molar-refractivity contribution in [1.29, 1.82) is 0 Å². The van der Waals surface area contributed by atoms with Gasteiger partial charge in [-0.3, -0.25) is 0 Å². The quantitative estimate of drug-likeness (QED) is 0.810. The fourth-order valence-electron chi connectivity index (χ4n) is 1.69. The molecule has 0 radical (unpaired) electrons. The van der Waals surface area contributed by atoms with E-state index in [1.54, 1.807) is 0 Å². The van der Waals surface area contributed by atoms with Crippen LogP contribution >= 0.6 is 0 Å². The van der Waals surface area contributed by atoms with Gasteiger partial charge in [0.25, 0.3) is 0 Å². The molecule has 0 amide bonds. The predicted octanol–water partition coefficient (Wildman–Crippen LogP) is 3.64. The summed E-state index contributed by atoms with van der Waals surface area (Å²) < 4.78 is 5.75. The Bertz CT molecular complexity index is 486. The number of hydrogen-bond donors (Lipinski definition) is 0. The van der Waals surface area contributed by atoms with Crippen LogP contribution in [0, 0.1) is 6.92 Å². The second-order valence-electron chi connectivity index (χ2n) is 4.66. The molecule has 0 aliphatic heterocycles. The van der Waals surface area contributed by atoms with Crippen molar-refractivity contribution in [3.8, 4) is 5.75 Å². The van der Waals surface area contributed by atoms with E-state index in [0.717, 1.165) is 5.75 Å². The molecule has 0 heterocycles. The first kappa shape index (κ1) is 12.5. The number of benzene rings is 2. The van der Waals surface area contributed by atoms with Gasteiger partial charge in [-0.15, -0.1) is 0 Å². The van der Waals surface area contributed by atoms with Crippen LogP contribution in [0.4, 0.5) is 5.69 Å². The summed E-state index contributed by atoms with van der Waals surface area (Å²) in [5.74, 6) is 0.904. The van der Waals surface area contributed by atoms with Gasteiger partial charge >= 0.3 is 0 Å². The van der Waals surface area contributed by atoms with Gasteiger partial charge in [-0.25, -0.2) is 0 Å². The highest BCUT2D eigenvalue weighted by atomic mass is 16.5. The van der Waals surface area contributed by atoms with E-state index in [1.165, 1.54) is 16.8 Å². The van der Waals surface area contributed by atoms with Gasteiger partial charge in [0.15, 0.2) is 0 Å². The Morgan fingerprint density at radius 3 is 2.06 bits per heavy atom. The molecule has 2 rings (SSSR count). The third-order valence-corrected chi connectivity index (χ3v) is 2.88. The van der Waals surface area contributed by atoms with Gasteiger partial charge in [0.1, 0.15) is 12.4 Å². The summed E-state index contributed by atoms with van der Waals surface area (Å²) in [6.07, 6.45) is 0. The largest absolute Gasteiger partial charge is 0.489 e. The normalized spacial score (nSPS) is 10.2. The molecule has 0 bridgehead atoms. The summed E-state index contributed by atoms with van der Waals surface area (Å²) in [5, 5.41) is 0. The molecule has 94 valence electrons. The molecule has 18 heavy (non-hydrogen) atoms. The van der Waals surface area contributed by atoms with Crippen LogP contribution in [0.3, 0.4) is 0 Å². The monoisotopic (exact) mass is 241 g/mol. The minimum atomic E-state index is 0.613. The lowest BCUT2D eigenvalue weighted by molar-refractivity contribution is 0.306. The smallest absolute Gasteiger partial charge is 0.119 e. The van der Waals surface area contributed by atoms with Gasteiger partial charge in [-0.2, -0.15) is 0 Å². The second-order valence-corrected chi connectivity index (χ2v) is 4.66. The minimum absolute atomic E-state index is 0.613. The summed E-state index contributed by atoms with van der Waals surface area (Å²) >= 11 is 0. The summed E-state index contributed by atoms with van der Waals surface area (Å²) in [6, 6.07) is 16.5. The van der Waals surface area contributed by atoms with Gasteiger partial charge in [0, 0.05) is 19.8 Å². The average Bonchev–Trinajstić information content (AvgIpc) is 2.38. The fraction of sp³-hybridized carbons (Fsp3) is 0.250. The van der Waals surface area contributed by atoms with E-state index in [1.807, 2.05) is 26.2 Å². The first-order valence-corrected chi connectivity index (χ1v) is 6.11. The average molecular weight is 241 g/mol. The SMILES string of the molecule is Cc1ccc(COc2ccc(N(C)C)cc2)cc1. The van der Waals surface area contributed by atoms with Crippen molar-refractivity contribution in [2.45, 2.75) is 13.5 Å². The van der Waals surface area contributed by atoms with E-state index >= 15 is 0 Å². The van der Waals surface area contributed by atoms with E-state index in [4.69, 9.17) is 4.74 Å². The van der Waals surface area contributed by atoms with Gasteiger partial charge < -0.3 is 9.64 Å². The molecule has 2 heteroatoms. The summed E-state index contributed by atoms with van der Waals surface area (Å²) in [4.78, 5) is 2.07. The number of ether oxygens (including phenoxy) is 1. The van der Waals surface area contributed by atoms with Crippen LogP contribution in [0.15, 0.2) is 48.5 Å². The van der Waals surface area contributed by atoms with Crippen LogP contribution in [-0.4, -0.2) is 14.1 Å². The van der Waals surface area contributed by atoms with Gasteiger partial charge in [-0.1, -0.05) is 29.8 Å². The first-order chi connectivity index (χ1) is 8.65. The standard InChI is InChI=1S/C16H19NO/c1-13-4-6-14(7-5-13)12-18-16-10-8-15(9-11-16)17(2)3/h4-11H,12H2,1-3H3. The molecule has 2 nitrogen and oxygen atoms in total. The molecular weight excluding hydrogens is 222 g/mol. The third kappa shape index (κ3) is 3.27. The van der Waals surface area contributed by atoms with Crippen LogP contribution < -0.4 is 9.64 Å². The molecule has 0 saturated carbocycles. The lowest BCUT2D eigenvalue weighted by Crippen LogP contribution is -2.08. The lowest BCUT2D eigenvalue weighted by atomic mass is 10.2. The molecule has 2 aromatic rings. The molecule has 0 aliphatic rings. The lowest BCUT2D eigenvalue weighted by Gasteiger charge is -2.13. The van der Waals surface area contributed by atoms with Gasteiger partial charge in [0.05, 0.1) is 0 Å². The Kier molecular flexibility index (Phi) is 3.88. The van der Waals surface area contributed by atoms with Crippen molar-refractivity contribution >= 4 is 5.69 Å². The minimum Gasteiger partial charge on any atom is -0.489 e. The molecule has 0 atom stereocenters. The molecule has 0 spiro atoms. The highest BCUT2D eigenvalue weighted by Gasteiger charge is 1.98. The number of hydrogen-bond acceptors (Lipinski definition) is 2. The zero-order valence-electron chi connectivity index (χ0n) is 11.2. The Morgan fingerprint density at radius 1 is 0.889 bits per heavy atom. The Balaban J connectivity index is 1.95. The topological polar surface area (TPSA) is 12.5 Å². The summed E-state index contributed by atoms with van der Waals surface area (Å²) in [5.41, 5.74) is 3.64. The summed E-state index contributed by atoms with van der Waals surface area (Å²) in [7, 11) is 4.06. The molecule has 0 fully saturated rings. The predicted molar refractivity (Wildman–Crippen MR) is 76.3 cm³/mol. The van der Waals surface area contributed by atoms with E-state index in [0.29, 0.717) is 6.61 Å². The van der Waals surface area contributed by atoms with Gasteiger partial charge in [-0.05, 0) is 36.8 Å². The fourth-order valence-corrected chi connectivity index (χ4v) is 1.69. The zero-order chi connectivity index (χ0) is 13.0. The van der Waals surface area contributed by atoms with Crippen molar-refractivity contribution in [3.63, 3.8) is 0 Å². The molecule has 0 saturated heterocycles. The Labute approximate surface area is 109 Å². The molecule has 2 aromatic carbocycles. The zero-order valence-corrected chi connectivity index (χ0v) is 11.2. The van der Waals surface area contributed by atoms with Crippen molar-refractivity contribution < 1.29 is 4.74 Å². The summed E-state index contributed by atoms with van der Waals surface area (Å²) in [6.45, 7) is 2.70. The van der Waals surface area contributed by atoms with Crippen LogP contribution in [0.25, 0.3) is 0 Å². The first-order valence-electron chi connectivity index (χ1n) is 6.11. The van der Waals surface area contributed by atoms with Crippen LogP contribution in [0.5, 0.6) is 5.75 Å². The molecule has 0 unspecified atom stereocenters. The number of rotatable bonds is 4. The van der Waals surface area contributed by atoms with Crippen molar-refractivity contribution in [2.75, 3.05) is 19.0 Å². The van der Waals surface area contributed by atoms with Crippen molar-refractivity contribution in [1.82, 2.24) is 0 Å². The number of anilines is 1. The third-order valence-electron chi connectivity index (χ3n) is 2.88. The number of nitrogens with zero attached hydrogens (tertiary/aromatic N) is 1. The van der Waals surface area contributed by atoms with E-state index in [2.05, 4.69) is 48.2 Å². The van der Waals surface area contributed by atoms with Crippen LogP contribution in [-0.2, 0) is 6.61 Å². The molecule has 0 N–H and O–H groups in total. The van der Waals surface area contributed by atoms with Gasteiger partial charge in [0.2, 0.25) is 0 Å².